The van der Waals surface area contributed by atoms with Crippen LogP contribution in [0.2, 0.25) is 0 Å². The third-order valence-corrected chi connectivity index (χ3v) is 3.55. The van der Waals surface area contributed by atoms with Crippen LogP contribution in [0.3, 0.4) is 0 Å². The van der Waals surface area contributed by atoms with Crippen LogP contribution >= 0.6 is 0 Å². The van der Waals surface area contributed by atoms with Crippen LogP contribution in [0.5, 0.6) is 0 Å². The van der Waals surface area contributed by atoms with E-state index in [1.807, 2.05) is 0 Å². The molecule has 0 spiro atoms. The van der Waals surface area contributed by atoms with Gasteiger partial charge in [-0.2, -0.15) is 0 Å². The summed E-state index contributed by atoms with van der Waals surface area (Å²) < 4.78 is 0. The van der Waals surface area contributed by atoms with Crippen LogP contribution in [-0.4, -0.2) is 49.1 Å². The van der Waals surface area contributed by atoms with Gasteiger partial charge in [-0.3, -0.25) is 4.90 Å². The second-order valence-corrected chi connectivity index (χ2v) is 4.85. The molecule has 1 aliphatic rings. The van der Waals surface area contributed by atoms with Crippen LogP contribution in [0.4, 0.5) is 0 Å². The average molecular weight is 184 g/mol. The summed E-state index contributed by atoms with van der Waals surface area (Å²) in [5.74, 6) is 0.760. The van der Waals surface area contributed by atoms with Gasteiger partial charge in [0.05, 0.1) is 0 Å². The molecule has 0 N–H and O–H groups in total. The van der Waals surface area contributed by atoms with Gasteiger partial charge < -0.3 is 4.90 Å². The Kier molecular flexibility index (Phi) is 3.74. The lowest BCUT2D eigenvalue weighted by atomic mass is 10.0. The molecule has 2 heteroatoms. The smallest absolute Gasteiger partial charge is 0.0235 e. The van der Waals surface area contributed by atoms with Crippen LogP contribution in [0.15, 0.2) is 0 Å². The Balaban J connectivity index is 2.43. The van der Waals surface area contributed by atoms with E-state index in [2.05, 4.69) is 44.7 Å². The summed E-state index contributed by atoms with van der Waals surface area (Å²) in [6.45, 7) is 9.45. The number of rotatable bonds is 3. The van der Waals surface area contributed by atoms with Gasteiger partial charge in [0.15, 0.2) is 0 Å². The second-order valence-electron chi connectivity index (χ2n) is 4.85. The molecule has 2 nitrogen and oxygen atoms in total. The van der Waals surface area contributed by atoms with Gasteiger partial charge in [-0.05, 0) is 39.9 Å². The maximum absolute atomic E-state index is 2.55. The molecule has 78 valence electrons. The fraction of sp³-hybridized carbons (Fsp3) is 1.00. The van der Waals surface area contributed by atoms with Crippen molar-refractivity contribution in [3.63, 3.8) is 0 Å². The molecular formula is C11H24N2. The van der Waals surface area contributed by atoms with E-state index in [1.165, 1.54) is 19.5 Å². The lowest BCUT2D eigenvalue weighted by Gasteiger charge is -2.33. The van der Waals surface area contributed by atoms with Gasteiger partial charge in [0.25, 0.3) is 0 Å². The fourth-order valence-corrected chi connectivity index (χ4v) is 2.05. The van der Waals surface area contributed by atoms with E-state index in [0.717, 1.165) is 12.0 Å². The van der Waals surface area contributed by atoms with Gasteiger partial charge in [-0.25, -0.2) is 0 Å². The SMILES string of the molecule is CC(C)C(C)N(C)C1CCN(C)C1. The maximum atomic E-state index is 2.55. The summed E-state index contributed by atoms with van der Waals surface area (Å²) >= 11 is 0. The fourth-order valence-electron chi connectivity index (χ4n) is 2.05. The summed E-state index contributed by atoms with van der Waals surface area (Å²) in [7, 11) is 4.49. The van der Waals surface area contributed by atoms with Crippen LogP contribution in [-0.2, 0) is 0 Å². The Morgan fingerprint density at radius 3 is 2.31 bits per heavy atom. The van der Waals surface area contributed by atoms with Gasteiger partial charge in [0.2, 0.25) is 0 Å². The van der Waals surface area contributed by atoms with E-state index in [-0.39, 0.29) is 0 Å². The molecule has 0 amide bonds. The predicted molar refractivity (Wildman–Crippen MR) is 58.0 cm³/mol. The molecule has 1 rings (SSSR count). The first-order chi connectivity index (χ1) is 6.02. The summed E-state index contributed by atoms with van der Waals surface area (Å²) in [6, 6.07) is 1.49. The molecule has 1 fully saturated rings. The van der Waals surface area contributed by atoms with Gasteiger partial charge >= 0.3 is 0 Å². The molecule has 13 heavy (non-hydrogen) atoms. The highest BCUT2D eigenvalue weighted by Gasteiger charge is 2.26. The van der Waals surface area contributed by atoms with Gasteiger partial charge in [-0.1, -0.05) is 13.8 Å². The van der Waals surface area contributed by atoms with Gasteiger partial charge in [0, 0.05) is 18.6 Å². The first-order valence-electron chi connectivity index (χ1n) is 5.43. The lowest BCUT2D eigenvalue weighted by Crippen LogP contribution is -2.42. The number of likely N-dealkylation sites (tertiary alicyclic amines) is 1. The minimum absolute atomic E-state index is 0.705. The quantitative estimate of drug-likeness (QED) is 0.658. The molecule has 1 heterocycles. The zero-order valence-electron chi connectivity index (χ0n) is 9.75. The maximum Gasteiger partial charge on any atom is 0.0235 e. The Hall–Kier alpha value is -0.0800. The van der Waals surface area contributed by atoms with Crippen molar-refractivity contribution in [1.29, 1.82) is 0 Å². The molecular weight excluding hydrogens is 160 g/mol. The number of nitrogens with zero attached hydrogens (tertiary/aromatic N) is 2. The van der Waals surface area contributed by atoms with Crippen LogP contribution in [0.25, 0.3) is 0 Å². The summed E-state index contributed by atoms with van der Waals surface area (Å²) in [5, 5.41) is 0. The van der Waals surface area contributed by atoms with Crippen molar-refractivity contribution in [2.24, 2.45) is 5.92 Å². The molecule has 0 aliphatic carbocycles. The molecule has 2 unspecified atom stereocenters. The largest absolute Gasteiger partial charge is 0.305 e. The third kappa shape index (κ3) is 2.68. The molecule has 0 aromatic rings. The van der Waals surface area contributed by atoms with Crippen LogP contribution in [0, 0.1) is 5.92 Å². The van der Waals surface area contributed by atoms with Gasteiger partial charge in [-0.15, -0.1) is 0 Å². The summed E-state index contributed by atoms with van der Waals surface area (Å²) in [5.41, 5.74) is 0. The molecule has 1 saturated heterocycles. The topological polar surface area (TPSA) is 6.48 Å². The van der Waals surface area contributed by atoms with Crippen molar-refractivity contribution >= 4 is 0 Å². The Bertz CT molecular complexity index is 156. The first-order valence-corrected chi connectivity index (χ1v) is 5.43. The standard InChI is InChI=1S/C11H24N2/c1-9(2)10(3)13(5)11-6-7-12(4)8-11/h9-11H,6-8H2,1-5H3. The Morgan fingerprint density at radius 2 is 1.92 bits per heavy atom. The Labute approximate surface area is 82.9 Å². The van der Waals surface area contributed by atoms with Crippen molar-refractivity contribution in [1.82, 2.24) is 9.80 Å². The minimum Gasteiger partial charge on any atom is -0.305 e. The van der Waals surface area contributed by atoms with E-state index in [4.69, 9.17) is 0 Å². The summed E-state index contributed by atoms with van der Waals surface area (Å²) in [6.07, 6.45) is 1.34. The number of hydrogen-bond acceptors (Lipinski definition) is 2. The highest BCUT2D eigenvalue weighted by molar-refractivity contribution is 4.83. The lowest BCUT2D eigenvalue weighted by molar-refractivity contribution is 0.151. The highest BCUT2D eigenvalue weighted by Crippen LogP contribution is 2.18. The van der Waals surface area contributed by atoms with E-state index in [0.29, 0.717) is 6.04 Å². The van der Waals surface area contributed by atoms with Gasteiger partial charge in [0.1, 0.15) is 0 Å². The van der Waals surface area contributed by atoms with Crippen molar-refractivity contribution in [2.45, 2.75) is 39.3 Å². The molecule has 0 radical (unpaired) electrons. The van der Waals surface area contributed by atoms with Crippen molar-refractivity contribution in [3.05, 3.63) is 0 Å². The van der Waals surface area contributed by atoms with E-state index in [1.54, 1.807) is 0 Å². The normalized spacial score (nSPS) is 27.5. The number of likely N-dealkylation sites (N-methyl/N-ethyl adjacent to an activating group) is 2. The molecule has 0 aromatic carbocycles. The van der Waals surface area contributed by atoms with Crippen molar-refractivity contribution in [3.8, 4) is 0 Å². The zero-order valence-corrected chi connectivity index (χ0v) is 9.75. The third-order valence-electron chi connectivity index (χ3n) is 3.55. The zero-order chi connectivity index (χ0) is 10.0. The Morgan fingerprint density at radius 1 is 1.31 bits per heavy atom. The molecule has 0 aromatic heterocycles. The van der Waals surface area contributed by atoms with Crippen LogP contribution in [0.1, 0.15) is 27.2 Å². The predicted octanol–water partition coefficient (Wildman–Crippen LogP) is 1.67. The first kappa shape index (κ1) is 11.0. The molecule has 0 saturated carbocycles. The van der Waals surface area contributed by atoms with E-state index < -0.39 is 0 Å². The van der Waals surface area contributed by atoms with Crippen molar-refractivity contribution in [2.75, 3.05) is 27.2 Å². The monoisotopic (exact) mass is 184 g/mol. The molecule has 1 aliphatic heterocycles. The molecule has 0 bridgehead atoms. The highest BCUT2D eigenvalue weighted by atomic mass is 15.2. The average Bonchev–Trinajstić information content (AvgIpc) is 2.49. The summed E-state index contributed by atoms with van der Waals surface area (Å²) in [4.78, 5) is 4.97. The molecule has 2 atom stereocenters. The van der Waals surface area contributed by atoms with Crippen LogP contribution < -0.4 is 0 Å². The minimum atomic E-state index is 0.705. The van der Waals surface area contributed by atoms with E-state index in [9.17, 15) is 0 Å². The second kappa shape index (κ2) is 4.43. The van der Waals surface area contributed by atoms with Crippen molar-refractivity contribution < 1.29 is 0 Å². The van der Waals surface area contributed by atoms with E-state index >= 15 is 0 Å². The number of hydrogen-bond donors (Lipinski definition) is 0.